The van der Waals surface area contributed by atoms with E-state index in [1.807, 2.05) is 0 Å². The minimum Gasteiger partial charge on any atom is -0.462 e. The number of halogens is 1. The monoisotopic (exact) mass is 300 g/mol. The molecule has 0 aliphatic carbocycles. The maximum atomic E-state index is 12.0. The van der Waals surface area contributed by atoms with Crippen LogP contribution in [0.1, 0.15) is 40.3 Å². The van der Waals surface area contributed by atoms with Crippen LogP contribution in [0, 0.1) is 6.92 Å². The van der Waals surface area contributed by atoms with Crippen molar-refractivity contribution in [2.75, 3.05) is 6.61 Å². The first-order valence-corrected chi connectivity index (χ1v) is 7.05. The molecule has 0 saturated heterocycles. The Labute approximate surface area is 118 Å². The molecule has 0 bridgehead atoms. The van der Waals surface area contributed by atoms with Gasteiger partial charge in [0, 0.05) is 0 Å². The van der Waals surface area contributed by atoms with Gasteiger partial charge in [0.2, 0.25) is 0 Å². The predicted octanol–water partition coefficient (Wildman–Crippen LogP) is 2.77. The van der Waals surface area contributed by atoms with E-state index >= 15 is 0 Å². The minimum absolute atomic E-state index is 0.281. The van der Waals surface area contributed by atoms with E-state index in [1.54, 1.807) is 20.8 Å². The molecule has 0 radical (unpaired) electrons. The molecule has 102 valence electrons. The summed E-state index contributed by atoms with van der Waals surface area (Å²) in [6, 6.07) is 0. The number of aromatic amines is 1. The van der Waals surface area contributed by atoms with Gasteiger partial charge in [-0.3, -0.25) is 4.79 Å². The molecular formula is C12H13ClN2O3S. The number of esters is 1. The molecular weight excluding hydrogens is 288 g/mol. The van der Waals surface area contributed by atoms with Gasteiger partial charge in [-0.2, -0.15) is 0 Å². The maximum Gasteiger partial charge on any atom is 0.348 e. The van der Waals surface area contributed by atoms with Gasteiger partial charge in [0.25, 0.3) is 5.56 Å². The Balaban J connectivity index is 2.66. The fraction of sp³-hybridized carbons (Fsp3) is 0.417. The molecule has 1 unspecified atom stereocenters. The number of fused-ring (bicyclic) bond motifs is 1. The van der Waals surface area contributed by atoms with Gasteiger partial charge in [-0.1, -0.05) is 0 Å². The second-order valence-electron chi connectivity index (χ2n) is 4.02. The molecule has 0 saturated carbocycles. The Bertz CT molecular complexity index is 690. The quantitative estimate of drug-likeness (QED) is 0.699. The van der Waals surface area contributed by atoms with Crippen LogP contribution in [-0.4, -0.2) is 22.5 Å². The van der Waals surface area contributed by atoms with E-state index in [0.717, 1.165) is 11.3 Å². The molecule has 7 heteroatoms. The number of nitrogens with zero attached hydrogens (tertiary/aromatic N) is 1. The largest absolute Gasteiger partial charge is 0.462 e. The summed E-state index contributed by atoms with van der Waals surface area (Å²) in [6.45, 7) is 5.46. The van der Waals surface area contributed by atoms with Crippen molar-refractivity contribution in [2.45, 2.75) is 26.1 Å². The lowest BCUT2D eigenvalue weighted by molar-refractivity contribution is 0.0531. The molecule has 1 N–H and O–H groups in total. The van der Waals surface area contributed by atoms with Crippen LogP contribution in [0.4, 0.5) is 0 Å². The zero-order valence-electron chi connectivity index (χ0n) is 10.7. The number of H-pyrrole nitrogens is 1. The van der Waals surface area contributed by atoms with Gasteiger partial charge in [0.05, 0.1) is 17.4 Å². The lowest BCUT2D eigenvalue weighted by atomic mass is 10.2. The van der Waals surface area contributed by atoms with Crippen molar-refractivity contribution in [1.82, 2.24) is 9.97 Å². The van der Waals surface area contributed by atoms with Crippen molar-refractivity contribution in [2.24, 2.45) is 0 Å². The van der Waals surface area contributed by atoms with Crippen LogP contribution in [0.25, 0.3) is 10.2 Å². The minimum atomic E-state index is -0.428. The Morgan fingerprint density at radius 3 is 2.84 bits per heavy atom. The highest BCUT2D eigenvalue weighted by atomic mass is 35.5. The summed E-state index contributed by atoms with van der Waals surface area (Å²) in [5, 5.41) is 0.0275. The van der Waals surface area contributed by atoms with Crippen molar-refractivity contribution in [1.29, 1.82) is 0 Å². The van der Waals surface area contributed by atoms with E-state index in [4.69, 9.17) is 16.3 Å². The van der Waals surface area contributed by atoms with Gasteiger partial charge >= 0.3 is 5.97 Å². The highest BCUT2D eigenvalue weighted by Crippen LogP contribution is 2.28. The van der Waals surface area contributed by atoms with Crippen molar-refractivity contribution in [3.8, 4) is 0 Å². The van der Waals surface area contributed by atoms with Crippen molar-refractivity contribution in [3.63, 3.8) is 0 Å². The number of ether oxygens (including phenoxy) is 1. The molecule has 0 spiro atoms. The fourth-order valence-electron chi connectivity index (χ4n) is 1.74. The highest BCUT2D eigenvalue weighted by Gasteiger charge is 2.20. The fourth-order valence-corrected chi connectivity index (χ4v) is 2.93. The van der Waals surface area contributed by atoms with Gasteiger partial charge in [-0.25, -0.2) is 9.78 Å². The van der Waals surface area contributed by atoms with E-state index in [-0.39, 0.29) is 5.56 Å². The standard InChI is InChI=1S/C12H13ClN2O3S/c1-4-18-12(17)8-5(2)7-10(16)14-9(6(3)13)15-11(7)19-8/h6H,4H2,1-3H3,(H,14,15,16). The number of rotatable bonds is 3. The molecule has 0 fully saturated rings. The van der Waals surface area contributed by atoms with Gasteiger partial charge < -0.3 is 9.72 Å². The summed E-state index contributed by atoms with van der Waals surface area (Å²) in [5.74, 6) is -0.0290. The van der Waals surface area contributed by atoms with Crippen LogP contribution in [0.15, 0.2) is 4.79 Å². The van der Waals surface area contributed by atoms with Crippen molar-refractivity contribution in [3.05, 3.63) is 26.6 Å². The van der Waals surface area contributed by atoms with E-state index in [2.05, 4.69) is 9.97 Å². The lowest BCUT2D eigenvalue weighted by Crippen LogP contribution is -2.12. The van der Waals surface area contributed by atoms with E-state index in [0.29, 0.717) is 33.1 Å². The Kier molecular flexibility index (Phi) is 3.91. The number of alkyl halides is 1. The second-order valence-corrected chi connectivity index (χ2v) is 5.68. The van der Waals surface area contributed by atoms with E-state index in [9.17, 15) is 9.59 Å². The summed E-state index contributed by atoms with van der Waals surface area (Å²) >= 11 is 7.07. The average molecular weight is 301 g/mol. The summed E-state index contributed by atoms with van der Waals surface area (Å²) in [5.41, 5.74) is 0.317. The molecule has 2 heterocycles. The van der Waals surface area contributed by atoms with E-state index in [1.165, 1.54) is 0 Å². The summed E-state index contributed by atoms with van der Waals surface area (Å²) in [7, 11) is 0. The SMILES string of the molecule is CCOC(=O)c1sc2nc(C(C)Cl)[nH]c(=O)c2c1C. The smallest absolute Gasteiger partial charge is 0.348 e. The Morgan fingerprint density at radius 2 is 2.26 bits per heavy atom. The normalized spacial score (nSPS) is 12.6. The van der Waals surface area contributed by atoms with Gasteiger partial charge in [0.1, 0.15) is 15.5 Å². The van der Waals surface area contributed by atoms with Crippen LogP contribution in [0.3, 0.4) is 0 Å². The summed E-state index contributed by atoms with van der Waals surface area (Å²) in [4.78, 5) is 31.6. The van der Waals surface area contributed by atoms with Crippen LogP contribution >= 0.6 is 22.9 Å². The molecule has 2 aromatic heterocycles. The Hall–Kier alpha value is -1.40. The molecule has 0 aliphatic heterocycles. The zero-order valence-corrected chi connectivity index (χ0v) is 12.3. The predicted molar refractivity (Wildman–Crippen MR) is 75.2 cm³/mol. The molecule has 1 atom stereocenters. The number of aryl methyl sites for hydroxylation is 1. The Morgan fingerprint density at radius 1 is 1.58 bits per heavy atom. The van der Waals surface area contributed by atoms with Gasteiger partial charge in [0.15, 0.2) is 0 Å². The second kappa shape index (κ2) is 5.30. The van der Waals surface area contributed by atoms with E-state index < -0.39 is 11.3 Å². The molecule has 0 aromatic carbocycles. The third kappa shape index (κ3) is 2.50. The first kappa shape index (κ1) is 14.0. The molecule has 0 amide bonds. The van der Waals surface area contributed by atoms with Crippen LogP contribution in [-0.2, 0) is 4.74 Å². The van der Waals surface area contributed by atoms with Crippen molar-refractivity contribution >= 4 is 39.1 Å². The van der Waals surface area contributed by atoms with Crippen LogP contribution < -0.4 is 5.56 Å². The average Bonchev–Trinajstić information content (AvgIpc) is 2.67. The highest BCUT2D eigenvalue weighted by molar-refractivity contribution is 7.20. The number of hydrogen-bond donors (Lipinski definition) is 1. The summed E-state index contributed by atoms with van der Waals surface area (Å²) in [6.07, 6.45) is 0. The van der Waals surface area contributed by atoms with Crippen LogP contribution in [0.5, 0.6) is 0 Å². The third-order valence-electron chi connectivity index (χ3n) is 2.66. The van der Waals surface area contributed by atoms with Gasteiger partial charge in [-0.05, 0) is 26.3 Å². The van der Waals surface area contributed by atoms with Gasteiger partial charge in [-0.15, -0.1) is 22.9 Å². The maximum absolute atomic E-state index is 12.0. The van der Waals surface area contributed by atoms with Crippen molar-refractivity contribution < 1.29 is 9.53 Å². The lowest BCUT2D eigenvalue weighted by Gasteiger charge is -2.01. The first-order chi connectivity index (χ1) is 8.95. The molecule has 5 nitrogen and oxygen atoms in total. The molecule has 19 heavy (non-hydrogen) atoms. The molecule has 0 aliphatic rings. The zero-order chi connectivity index (χ0) is 14.2. The number of hydrogen-bond acceptors (Lipinski definition) is 5. The van der Waals surface area contributed by atoms with Crippen LogP contribution in [0.2, 0.25) is 0 Å². The number of aromatic nitrogens is 2. The first-order valence-electron chi connectivity index (χ1n) is 5.80. The molecule has 2 rings (SSSR count). The topological polar surface area (TPSA) is 72.0 Å². The number of carbonyl (C=O) groups is 1. The summed E-state index contributed by atoms with van der Waals surface area (Å²) < 4.78 is 4.96. The molecule has 2 aromatic rings. The number of carbonyl (C=O) groups excluding carboxylic acids is 1. The number of nitrogens with one attached hydrogen (secondary N) is 1. The number of thiophene rings is 1. The third-order valence-corrected chi connectivity index (χ3v) is 4.03.